The number of halogens is 1. The lowest BCUT2D eigenvalue weighted by Gasteiger charge is -2.37. The van der Waals surface area contributed by atoms with E-state index in [0.29, 0.717) is 43.2 Å². The molecule has 0 saturated carbocycles. The van der Waals surface area contributed by atoms with E-state index in [4.69, 9.17) is 14.2 Å². The quantitative estimate of drug-likeness (QED) is 0.342. The highest BCUT2D eigenvalue weighted by molar-refractivity contribution is 7.10. The molecule has 196 valence electrons. The van der Waals surface area contributed by atoms with Gasteiger partial charge in [-0.05, 0) is 60.2 Å². The molecule has 9 heteroatoms. The van der Waals surface area contributed by atoms with E-state index in [2.05, 4.69) is 0 Å². The second kappa shape index (κ2) is 12.7. The molecule has 1 aliphatic rings. The monoisotopic (exact) mass is 526 g/mol. The zero-order valence-corrected chi connectivity index (χ0v) is 21.8. The molecule has 1 aromatic heterocycles. The van der Waals surface area contributed by atoms with Gasteiger partial charge in [-0.25, -0.2) is 4.39 Å². The molecule has 0 bridgehead atoms. The molecular formula is C28H31FN2O5S. The van der Waals surface area contributed by atoms with E-state index in [9.17, 15) is 14.0 Å². The van der Waals surface area contributed by atoms with E-state index in [1.54, 1.807) is 71.8 Å². The number of rotatable bonds is 11. The van der Waals surface area contributed by atoms with Crippen molar-refractivity contribution in [1.82, 2.24) is 9.80 Å². The summed E-state index contributed by atoms with van der Waals surface area (Å²) < 4.78 is 30.0. The summed E-state index contributed by atoms with van der Waals surface area (Å²) in [5.41, 5.74) is 1.49. The number of hydrogen-bond acceptors (Lipinski definition) is 6. The van der Waals surface area contributed by atoms with Crippen molar-refractivity contribution in [3.63, 3.8) is 0 Å². The summed E-state index contributed by atoms with van der Waals surface area (Å²) in [4.78, 5) is 31.6. The zero-order valence-electron chi connectivity index (χ0n) is 21.0. The minimum Gasteiger partial charge on any atom is -0.497 e. The third kappa shape index (κ3) is 6.67. The maximum absolute atomic E-state index is 13.7. The van der Waals surface area contributed by atoms with Crippen LogP contribution in [0.2, 0.25) is 0 Å². The molecule has 2 aromatic carbocycles. The number of carbonyl (C=O) groups is 2. The normalized spacial score (nSPS) is 14.7. The van der Waals surface area contributed by atoms with Crippen LogP contribution in [-0.2, 0) is 16.0 Å². The van der Waals surface area contributed by atoms with Crippen molar-refractivity contribution in [2.45, 2.75) is 18.9 Å². The summed E-state index contributed by atoms with van der Waals surface area (Å²) in [6, 6.07) is 14.6. The topological polar surface area (TPSA) is 68.3 Å². The molecule has 0 aliphatic carbocycles. The number of hydrogen-bond donors (Lipinski definition) is 0. The van der Waals surface area contributed by atoms with E-state index in [1.807, 2.05) is 11.4 Å². The third-order valence-corrected chi connectivity index (χ3v) is 7.32. The maximum atomic E-state index is 13.7. The number of nitrogens with zero attached hydrogens (tertiary/aromatic N) is 2. The van der Waals surface area contributed by atoms with Gasteiger partial charge >= 0.3 is 0 Å². The Bertz CT molecular complexity index is 1220. The lowest BCUT2D eigenvalue weighted by atomic mass is 10.0. The summed E-state index contributed by atoms with van der Waals surface area (Å²) in [5.74, 6) is 0.185. The van der Waals surface area contributed by atoms with Crippen LogP contribution in [0, 0.1) is 5.82 Å². The first-order chi connectivity index (χ1) is 18.0. The Morgan fingerprint density at radius 2 is 1.92 bits per heavy atom. The summed E-state index contributed by atoms with van der Waals surface area (Å²) >= 11 is 1.66. The van der Waals surface area contributed by atoms with Gasteiger partial charge in [0, 0.05) is 43.3 Å². The second-order valence-electron chi connectivity index (χ2n) is 8.73. The molecule has 1 atom stereocenters. The summed E-state index contributed by atoms with van der Waals surface area (Å²) in [6.45, 7) is 1.48. The molecule has 0 N–H and O–H groups in total. The Kier molecular flexibility index (Phi) is 9.14. The average Bonchev–Trinajstić information content (AvgIpc) is 3.40. The van der Waals surface area contributed by atoms with Gasteiger partial charge in [0.25, 0.3) is 5.91 Å². The molecular weight excluding hydrogens is 495 g/mol. The Labute approximate surface area is 220 Å². The highest BCUT2D eigenvalue weighted by Gasteiger charge is 2.33. The number of ether oxygens (including phenoxy) is 3. The number of carbonyl (C=O) groups excluding carboxylic acids is 2. The molecule has 1 aliphatic heterocycles. The molecule has 2 heterocycles. The van der Waals surface area contributed by atoms with Crippen LogP contribution in [0.1, 0.15) is 33.3 Å². The second-order valence-corrected chi connectivity index (χ2v) is 9.73. The van der Waals surface area contributed by atoms with E-state index in [-0.39, 0.29) is 36.8 Å². The molecule has 1 unspecified atom stereocenters. The van der Waals surface area contributed by atoms with Gasteiger partial charge in [0.1, 0.15) is 30.5 Å². The molecule has 0 fully saturated rings. The van der Waals surface area contributed by atoms with Crippen LogP contribution in [-0.4, -0.2) is 68.7 Å². The minimum atomic E-state index is -0.381. The molecule has 2 amide bonds. The fourth-order valence-corrected chi connectivity index (χ4v) is 5.38. The van der Waals surface area contributed by atoms with Crippen molar-refractivity contribution in [2.24, 2.45) is 0 Å². The van der Waals surface area contributed by atoms with Gasteiger partial charge in [0.05, 0.1) is 13.2 Å². The maximum Gasteiger partial charge on any atom is 0.254 e. The fraction of sp³-hybridized carbons (Fsp3) is 0.357. The van der Waals surface area contributed by atoms with E-state index in [1.165, 1.54) is 17.0 Å². The van der Waals surface area contributed by atoms with Crippen molar-refractivity contribution in [1.29, 1.82) is 0 Å². The van der Waals surface area contributed by atoms with Crippen molar-refractivity contribution >= 4 is 23.2 Å². The lowest BCUT2D eigenvalue weighted by molar-refractivity contribution is -0.135. The van der Waals surface area contributed by atoms with E-state index >= 15 is 0 Å². The molecule has 0 saturated heterocycles. The van der Waals surface area contributed by atoms with Gasteiger partial charge < -0.3 is 24.0 Å². The highest BCUT2D eigenvalue weighted by Crippen LogP contribution is 2.34. The molecule has 7 nitrogen and oxygen atoms in total. The Balaban J connectivity index is 1.53. The van der Waals surface area contributed by atoms with E-state index in [0.717, 1.165) is 12.0 Å². The van der Waals surface area contributed by atoms with Crippen molar-refractivity contribution in [3.05, 3.63) is 81.8 Å². The van der Waals surface area contributed by atoms with Gasteiger partial charge in [-0.3, -0.25) is 9.59 Å². The zero-order chi connectivity index (χ0) is 26.2. The Morgan fingerprint density at radius 3 is 2.70 bits per heavy atom. The van der Waals surface area contributed by atoms with E-state index < -0.39 is 0 Å². The van der Waals surface area contributed by atoms with Crippen LogP contribution in [0.15, 0.2) is 60.0 Å². The third-order valence-electron chi connectivity index (χ3n) is 6.33. The van der Waals surface area contributed by atoms with Crippen LogP contribution in [0.5, 0.6) is 11.5 Å². The summed E-state index contributed by atoms with van der Waals surface area (Å²) in [5, 5.41) is 2.01. The molecule has 0 spiro atoms. The van der Waals surface area contributed by atoms with Crippen molar-refractivity contribution < 1.29 is 28.2 Å². The smallest absolute Gasteiger partial charge is 0.254 e. The first-order valence-corrected chi connectivity index (χ1v) is 13.0. The first-order valence-electron chi connectivity index (χ1n) is 12.2. The molecule has 0 radical (unpaired) electrons. The average molecular weight is 527 g/mol. The van der Waals surface area contributed by atoms with Gasteiger partial charge in [0.15, 0.2) is 0 Å². The molecule has 37 heavy (non-hydrogen) atoms. The van der Waals surface area contributed by atoms with Crippen LogP contribution in [0.3, 0.4) is 0 Å². The number of benzene rings is 2. The summed E-state index contributed by atoms with van der Waals surface area (Å²) in [7, 11) is 3.15. The predicted molar refractivity (Wildman–Crippen MR) is 140 cm³/mol. The lowest BCUT2D eigenvalue weighted by Crippen LogP contribution is -2.48. The highest BCUT2D eigenvalue weighted by atomic mass is 32.1. The number of amides is 2. The number of fused-ring (bicyclic) bond motifs is 1. The SMILES string of the molecule is COCCCN(CC(=O)N1CCc2sccc2C1COc1cccc(F)c1)C(=O)c1cccc(OC)c1. The van der Waals surface area contributed by atoms with Gasteiger partial charge in [-0.15, -0.1) is 11.3 Å². The largest absolute Gasteiger partial charge is 0.497 e. The van der Waals surface area contributed by atoms with Gasteiger partial charge in [-0.1, -0.05) is 12.1 Å². The van der Waals surface area contributed by atoms with Gasteiger partial charge in [-0.2, -0.15) is 0 Å². The Morgan fingerprint density at radius 1 is 1.11 bits per heavy atom. The summed E-state index contributed by atoms with van der Waals surface area (Å²) in [6.07, 6.45) is 1.34. The van der Waals surface area contributed by atoms with Crippen LogP contribution in [0.4, 0.5) is 4.39 Å². The number of thiophene rings is 1. The predicted octanol–water partition coefficient (Wildman–Crippen LogP) is 4.58. The van der Waals surface area contributed by atoms with Crippen LogP contribution < -0.4 is 9.47 Å². The molecule has 3 aromatic rings. The Hall–Kier alpha value is -3.43. The van der Waals surface area contributed by atoms with Crippen molar-refractivity contribution in [2.75, 3.05) is 47.1 Å². The first kappa shape index (κ1) is 26.6. The minimum absolute atomic E-state index is 0.0737. The van der Waals surface area contributed by atoms with Crippen LogP contribution in [0.25, 0.3) is 0 Å². The molecule has 4 rings (SSSR count). The van der Waals surface area contributed by atoms with Crippen molar-refractivity contribution in [3.8, 4) is 11.5 Å². The fourth-order valence-electron chi connectivity index (χ4n) is 4.45. The number of methoxy groups -OCH3 is 2. The van der Waals surface area contributed by atoms with Gasteiger partial charge in [0.2, 0.25) is 5.91 Å². The standard InChI is InChI=1S/C28H31FN2O5S/c1-34-14-5-12-30(28(33)20-6-3-8-22(16-20)35-2)18-27(32)31-13-10-26-24(11-15-37-26)25(31)19-36-23-9-4-7-21(29)17-23/h3-4,6-9,11,15-17,25H,5,10,12-14,18-19H2,1-2H3. The van der Waals surface area contributed by atoms with Crippen LogP contribution >= 0.6 is 11.3 Å².